The largest absolute Gasteiger partial charge is 2.00 e. The van der Waals surface area contributed by atoms with Gasteiger partial charge in [0, 0.05) is 0 Å². The van der Waals surface area contributed by atoms with Crippen molar-refractivity contribution >= 4 is 67.0 Å². The minimum Gasteiger partial charge on any atom is -0.871 e. The van der Waals surface area contributed by atoms with Gasteiger partial charge >= 0.3 is 59.7 Å². The first kappa shape index (κ1) is 37.5. The Kier molecular flexibility index (Phi) is 57.5. The molecule has 21 heavy (non-hydrogen) atoms. The predicted molar refractivity (Wildman–Crippen MR) is 59.7 cm³/mol. The molecular weight excluding hydrogens is 337 g/mol. The third-order valence-electron chi connectivity index (χ3n) is 0. The summed E-state index contributed by atoms with van der Waals surface area (Å²) in [5, 5.41) is 102. The second-order valence-electron chi connectivity index (χ2n) is 1.58. The summed E-state index contributed by atoms with van der Waals surface area (Å²) in [6.07, 6.45) is 0. The fourth-order valence-electron chi connectivity index (χ4n) is 0. The Labute approximate surface area is 147 Å². The maximum absolute atomic E-state index is 8.53. The molecule has 0 atom stereocenters. The molecule has 0 aromatic carbocycles. The number of rotatable bonds is 0. The van der Waals surface area contributed by atoms with Crippen molar-refractivity contribution in [1.82, 2.24) is 0 Å². The van der Waals surface area contributed by atoms with E-state index in [-0.39, 0.29) is 37.7 Å². The summed E-state index contributed by atoms with van der Waals surface area (Å²) in [4.78, 5) is 8.36. The van der Waals surface area contributed by atoms with E-state index in [1.807, 2.05) is 0 Å². The van der Waals surface area contributed by atoms with E-state index >= 15 is 0 Å². The first-order valence-electron chi connectivity index (χ1n) is 3.62. The van der Waals surface area contributed by atoms with Crippen LogP contribution in [0.25, 0.3) is 0 Å². The van der Waals surface area contributed by atoms with Crippen molar-refractivity contribution in [2.75, 3.05) is 0 Å². The first-order chi connectivity index (χ1) is 8.66. The molecule has 16 nitrogen and oxygen atoms in total. The molecule has 0 saturated carbocycles. The number of hydrogen-bond acceptors (Lipinski definition) is 14. The van der Waals surface area contributed by atoms with Gasteiger partial charge in [-0.15, -0.1) is 10.1 Å². The summed E-state index contributed by atoms with van der Waals surface area (Å²) >= 11 is 0. The van der Waals surface area contributed by atoms with Gasteiger partial charge in [-0.2, -0.15) is 0 Å². The Morgan fingerprint density at radius 2 is 0.667 bits per heavy atom. The normalized spacial score (nSPS) is 6.29. The topological polar surface area (TPSA) is 312 Å². The third kappa shape index (κ3) is 117000. The zero-order valence-electron chi connectivity index (χ0n) is 10.0. The summed E-state index contributed by atoms with van der Waals surface area (Å²) in [6.45, 7) is 0. The minimum absolute atomic E-state index is 0. The van der Waals surface area contributed by atoms with Gasteiger partial charge in [-0.1, -0.05) is 0 Å². The van der Waals surface area contributed by atoms with Crippen LogP contribution in [0.3, 0.4) is 0 Å². The average Bonchev–Trinajstić information content (AvgIpc) is 1.94. The SMILES string of the molecule is O=[N+]([O-])O.OB(O)O.OB(O)O.OB(O)O.[Ca+2].[O-]B([O-])O. The molecule has 0 spiro atoms. The fourth-order valence-corrected chi connectivity index (χ4v) is 0. The van der Waals surface area contributed by atoms with Crippen LogP contribution in [0.1, 0.15) is 0 Å². The molecule has 0 heterocycles. The summed E-state index contributed by atoms with van der Waals surface area (Å²) in [6, 6.07) is 0. The van der Waals surface area contributed by atoms with Gasteiger partial charge in [0.1, 0.15) is 0 Å². The second-order valence-corrected chi connectivity index (χ2v) is 1.58. The van der Waals surface area contributed by atoms with Crippen LogP contribution in [-0.2, 0) is 0 Å². The average molecular weight is 348 g/mol. The van der Waals surface area contributed by atoms with Gasteiger partial charge in [0.25, 0.3) is 5.09 Å². The van der Waals surface area contributed by atoms with Crippen molar-refractivity contribution in [3.8, 4) is 0 Å². The molecule has 0 aromatic heterocycles. The van der Waals surface area contributed by atoms with Crippen LogP contribution in [0.4, 0.5) is 0 Å². The number of hydrogen-bond donors (Lipinski definition) is 11. The van der Waals surface area contributed by atoms with Gasteiger partial charge in [0.15, 0.2) is 0 Å². The molecule has 0 aliphatic carbocycles. The molecule has 0 radical (unpaired) electrons. The molecule has 0 unspecified atom stereocenters. The Morgan fingerprint density at radius 3 is 0.667 bits per heavy atom. The van der Waals surface area contributed by atoms with Gasteiger partial charge in [0.2, 0.25) is 0 Å². The van der Waals surface area contributed by atoms with Crippen molar-refractivity contribution in [1.29, 1.82) is 0 Å². The standard InChI is InChI=1S/3BH3O3.BHO3.Ca.HNO3/c4*2-1(3)4;;2-1(3)4/h3*2-4H;2H;;(H,2,3,4)/q;;;-2;+2;. The van der Waals surface area contributed by atoms with Gasteiger partial charge in [-0.25, -0.2) is 0 Å². The van der Waals surface area contributed by atoms with E-state index in [9.17, 15) is 0 Å². The first-order valence-corrected chi connectivity index (χ1v) is 3.62. The summed E-state index contributed by atoms with van der Waals surface area (Å²) in [5.41, 5.74) is 0. The molecule has 0 amide bonds. The molecule has 0 saturated heterocycles. The molecule has 11 N–H and O–H groups in total. The smallest absolute Gasteiger partial charge is 0.871 e. The number of nitrogens with zero attached hydrogens (tertiary/aromatic N) is 1. The molecule has 0 aliphatic heterocycles. The summed E-state index contributed by atoms with van der Waals surface area (Å²) in [5.74, 6) is 0. The molecule has 0 aliphatic rings. The summed E-state index contributed by atoms with van der Waals surface area (Å²) in [7, 11) is -9.17. The second kappa shape index (κ2) is 32.3. The van der Waals surface area contributed by atoms with Crippen molar-refractivity contribution in [3.05, 3.63) is 10.1 Å². The molecule has 0 bridgehead atoms. The van der Waals surface area contributed by atoms with Crippen molar-refractivity contribution < 1.29 is 70.6 Å². The molecule has 0 fully saturated rings. The van der Waals surface area contributed by atoms with E-state index in [1.165, 1.54) is 0 Å². The van der Waals surface area contributed by atoms with Gasteiger partial charge < -0.3 is 65.5 Å². The Hall–Kier alpha value is 0.239. The molecular formula is H11B4CaNO15. The third-order valence-corrected chi connectivity index (χ3v) is 0. The van der Waals surface area contributed by atoms with E-state index < -0.39 is 34.4 Å². The molecule has 0 rings (SSSR count). The van der Waals surface area contributed by atoms with E-state index in [4.69, 9.17) is 75.6 Å². The van der Waals surface area contributed by atoms with Crippen LogP contribution in [0.5, 0.6) is 0 Å². The maximum atomic E-state index is 8.53. The van der Waals surface area contributed by atoms with Crippen LogP contribution >= 0.6 is 0 Å². The Bertz CT molecular complexity index is 125. The van der Waals surface area contributed by atoms with Crippen LogP contribution in [0.2, 0.25) is 0 Å². The van der Waals surface area contributed by atoms with Gasteiger partial charge in [0.05, 0.1) is 7.32 Å². The van der Waals surface area contributed by atoms with Crippen molar-refractivity contribution in [3.63, 3.8) is 0 Å². The zero-order valence-corrected chi connectivity index (χ0v) is 12.2. The predicted octanol–water partition coefficient (Wildman–Crippen LogP) is -10.2. The molecule has 120 valence electrons. The summed E-state index contributed by atoms with van der Waals surface area (Å²) < 4.78 is 0. The molecule has 21 heteroatoms. The molecule has 0 aromatic rings. The quantitative estimate of drug-likeness (QED) is 0.110. The van der Waals surface area contributed by atoms with E-state index in [1.54, 1.807) is 0 Å². The fraction of sp³-hybridized carbons (Fsp3) is 0. The zero-order chi connectivity index (χ0) is 17.9. The Balaban J connectivity index is -0.0000000331. The minimum atomic E-state index is -2.67. The Morgan fingerprint density at radius 1 is 0.667 bits per heavy atom. The van der Waals surface area contributed by atoms with Crippen molar-refractivity contribution in [2.24, 2.45) is 0 Å². The maximum Gasteiger partial charge on any atom is 2.00 e. The van der Waals surface area contributed by atoms with Crippen LogP contribution in [0, 0.1) is 10.1 Å². The van der Waals surface area contributed by atoms with Crippen LogP contribution in [0.15, 0.2) is 0 Å². The van der Waals surface area contributed by atoms with Gasteiger partial charge in [-0.05, 0) is 0 Å². The van der Waals surface area contributed by atoms with Crippen LogP contribution < -0.4 is 10.0 Å². The van der Waals surface area contributed by atoms with E-state index in [0.29, 0.717) is 0 Å². The van der Waals surface area contributed by atoms with Crippen LogP contribution in [-0.4, -0.2) is 128 Å². The van der Waals surface area contributed by atoms with E-state index in [0.717, 1.165) is 0 Å². The monoisotopic (exact) mass is 349 g/mol. The van der Waals surface area contributed by atoms with E-state index in [2.05, 4.69) is 0 Å². The van der Waals surface area contributed by atoms with Crippen molar-refractivity contribution in [2.45, 2.75) is 0 Å². The van der Waals surface area contributed by atoms with Gasteiger partial charge in [-0.3, -0.25) is 0 Å².